The van der Waals surface area contributed by atoms with Crippen LogP contribution < -0.4 is 0 Å². The van der Waals surface area contributed by atoms with Gasteiger partial charge in [0.2, 0.25) is 0 Å². The number of fused-ring (bicyclic) bond motifs is 3. The maximum atomic E-state index is 5.43. The number of aromatic nitrogens is 1. The van der Waals surface area contributed by atoms with E-state index in [1.807, 2.05) is 12.3 Å². The van der Waals surface area contributed by atoms with Crippen molar-refractivity contribution in [3.63, 3.8) is 0 Å². The predicted molar refractivity (Wildman–Crippen MR) is 70.2 cm³/mol. The van der Waals surface area contributed by atoms with Crippen LogP contribution >= 0.6 is 0 Å². The fourth-order valence-electron chi connectivity index (χ4n) is 2.27. The summed E-state index contributed by atoms with van der Waals surface area (Å²) in [5.41, 5.74) is 2.18. The fraction of sp³-hybridized carbons (Fsp3) is 0.267. The van der Waals surface area contributed by atoms with E-state index in [1.165, 1.54) is 16.3 Å². The maximum Gasteiger partial charge on any atom is 0.171 e. The van der Waals surface area contributed by atoms with Gasteiger partial charge in [0.25, 0.3) is 0 Å². The van der Waals surface area contributed by atoms with E-state index in [4.69, 9.17) is 4.52 Å². The van der Waals surface area contributed by atoms with Gasteiger partial charge in [-0.05, 0) is 22.3 Å². The first-order valence-corrected chi connectivity index (χ1v) is 5.84. The highest BCUT2D eigenvalue weighted by Gasteiger charge is 2.21. The average molecular weight is 225 g/mol. The van der Waals surface area contributed by atoms with Crippen molar-refractivity contribution in [2.75, 3.05) is 0 Å². The largest absolute Gasteiger partial charge is 0.356 e. The van der Waals surface area contributed by atoms with Gasteiger partial charge in [-0.25, -0.2) is 0 Å². The summed E-state index contributed by atoms with van der Waals surface area (Å²) in [6, 6.07) is 10.6. The highest BCUT2D eigenvalue weighted by atomic mass is 16.5. The molecule has 86 valence electrons. The molecule has 0 aliphatic rings. The molecule has 0 aliphatic heterocycles. The summed E-state index contributed by atoms with van der Waals surface area (Å²) >= 11 is 0. The molecule has 0 bridgehead atoms. The zero-order chi connectivity index (χ0) is 12.0. The Hall–Kier alpha value is -1.83. The van der Waals surface area contributed by atoms with Crippen LogP contribution in [0.5, 0.6) is 0 Å². The zero-order valence-corrected chi connectivity index (χ0v) is 10.3. The van der Waals surface area contributed by atoms with Gasteiger partial charge in [-0.15, -0.1) is 0 Å². The minimum atomic E-state index is 0.0574. The van der Waals surface area contributed by atoms with Crippen LogP contribution in [0.4, 0.5) is 0 Å². The molecule has 0 amide bonds. The molecule has 0 radical (unpaired) electrons. The molecule has 0 N–H and O–H groups in total. The van der Waals surface area contributed by atoms with Gasteiger partial charge in [-0.2, -0.15) is 0 Å². The molecule has 1 aromatic heterocycles. The summed E-state index contributed by atoms with van der Waals surface area (Å²) in [6.07, 6.45) is 1.81. The third kappa shape index (κ3) is 1.52. The molecule has 17 heavy (non-hydrogen) atoms. The van der Waals surface area contributed by atoms with E-state index >= 15 is 0 Å². The van der Waals surface area contributed by atoms with Crippen LogP contribution in [0.15, 0.2) is 41.1 Å². The van der Waals surface area contributed by atoms with Crippen LogP contribution in [-0.4, -0.2) is 5.16 Å². The molecule has 2 nitrogen and oxygen atoms in total. The molecule has 3 aromatic rings. The average Bonchev–Trinajstić information content (AvgIpc) is 2.75. The van der Waals surface area contributed by atoms with Crippen LogP contribution in [0.2, 0.25) is 0 Å². The van der Waals surface area contributed by atoms with Gasteiger partial charge < -0.3 is 4.52 Å². The van der Waals surface area contributed by atoms with Crippen LogP contribution in [-0.2, 0) is 5.41 Å². The lowest BCUT2D eigenvalue weighted by atomic mass is 9.84. The van der Waals surface area contributed by atoms with Crippen molar-refractivity contribution in [2.24, 2.45) is 0 Å². The summed E-state index contributed by atoms with van der Waals surface area (Å²) in [5.74, 6) is 0. The minimum absolute atomic E-state index is 0.0574. The van der Waals surface area contributed by atoms with Crippen LogP contribution in [0.3, 0.4) is 0 Å². The molecule has 0 saturated heterocycles. The van der Waals surface area contributed by atoms with Crippen molar-refractivity contribution in [3.05, 3.63) is 42.1 Å². The molecule has 2 heteroatoms. The molecule has 0 unspecified atom stereocenters. The Morgan fingerprint density at radius 3 is 2.59 bits per heavy atom. The monoisotopic (exact) mass is 225 g/mol. The van der Waals surface area contributed by atoms with Crippen molar-refractivity contribution in [2.45, 2.75) is 26.2 Å². The first-order valence-electron chi connectivity index (χ1n) is 5.84. The summed E-state index contributed by atoms with van der Waals surface area (Å²) in [6.45, 7) is 6.58. The van der Waals surface area contributed by atoms with Crippen molar-refractivity contribution < 1.29 is 4.52 Å². The molecule has 2 aromatic carbocycles. The molecule has 0 saturated carbocycles. The van der Waals surface area contributed by atoms with Gasteiger partial charge in [0.1, 0.15) is 0 Å². The van der Waals surface area contributed by atoms with E-state index in [1.54, 1.807) is 0 Å². The molecular formula is C15H15NO. The van der Waals surface area contributed by atoms with E-state index < -0.39 is 0 Å². The zero-order valence-electron chi connectivity index (χ0n) is 10.3. The Morgan fingerprint density at radius 1 is 1.06 bits per heavy atom. The van der Waals surface area contributed by atoms with Crippen molar-refractivity contribution in [3.8, 4) is 0 Å². The highest BCUT2D eigenvalue weighted by molar-refractivity contribution is 6.06. The summed E-state index contributed by atoms with van der Waals surface area (Å²) in [5, 5.41) is 7.50. The second-order valence-corrected chi connectivity index (χ2v) is 5.46. The Labute approximate surface area is 100 Å². The van der Waals surface area contributed by atoms with Gasteiger partial charge in [-0.3, -0.25) is 0 Å². The Bertz CT molecular complexity index is 689. The summed E-state index contributed by atoms with van der Waals surface area (Å²) in [7, 11) is 0. The summed E-state index contributed by atoms with van der Waals surface area (Å²) < 4.78 is 5.43. The molecule has 0 spiro atoms. The third-order valence-corrected chi connectivity index (χ3v) is 3.17. The lowest BCUT2D eigenvalue weighted by Gasteiger charge is -2.19. The van der Waals surface area contributed by atoms with Gasteiger partial charge in [0.15, 0.2) is 5.58 Å². The lowest BCUT2D eigenvalue weighted by molar-refractivity contribution is 0.446. The smallest absolute Gasteiger partial charge is 0.171 e. The Balaban J connectivity index is 2.53. The van der Waals surface area contributed by atoms with Gasteiger partial charge in [0.05, 0.1) is 6.20 Å². The number of rotatable bonds is 0. The van der Waals surface area contributed by atoms with E-state index in [0.717, 1.165) is 11.0 Å². The van der Waals surface area contributed by atoms with E-state index in [9.17, 15) is 0 Å². The van der Waals surface area contributed by atoms with E-state index in [0.29, 0.717) is 0 Å². The molecule has 3 rings (SSSR count). The fourth-order valence-corrected chi connectivity index (χ4v) is 2.27. The maximum absolute atomic E-state index is 5.43. The number of nitrogens with zero attached hydrogens (tertiary/aromatic N) is 1. The highest BCUT2D eigenvalue weighted by Crippen LogP contribution is 2.35. The van der Waals surface area contributed by atoms with Crippen molar-refractivity contribution >= 4 is 21.7 Å². The SMILES string of the molecule is CC(C)(C)c1cc2ccccc2c2cnoc12. The minimum Gasteiger partial charge on any atom is -0.356 e. The lowest BCUT2D eigenvalue weighted by Crippen LogP contribution is -2.11. The first kappa shape index (κ1) is 10.3. The molecule has 1 heterocycles. The van der Waals surface area contributed by atoms with E-state index in [2.05, 4.69) is 50.2 Å². The van der Waals surface area contributed by atoms with Gasteiger partial charge in [0, 0.05) is 10.9 Å². The summed E-state index contributed by atoms with van der Waals surface area (Å²) in [4.78, 5) is 0. The number of benzene rings is 2. The predicted octanol–water partition coefficient (Wildman–Crippen LogP) is 4.28. The molecule has 0 aliphatic carbocycles. The standard InChI is InChI=1S/C15H15NO/c1-15(2,3)13-8-10-6-4-5-7-11(10)12-9-16-17-14(12)13/h4-9H,1-3H3. The number of hydrogen-bond acceptors (Lipinski definition) is 2. The first-order chi connectivity index (χ1) is 8.07. The van der Waals surface area contributed by atoms with Gasteiger partial charge in [-0.1, -0.05) is 50.2 Å². The number of hydrogen-bond donors (Lipinski definition) is 0. The van der Waals surface area contributed by atoms with Crippen LogP contribution in [0.1, 0.15) is 26.3 Å². The molecule has 0 fully saturated rings. The Morgan fingerprint density at radius 2 is 1.82 bits per heavy atom. The molecular weight excluding hydrogens is 210 g/mol. The van der Waals surface area contributed by atoms with Crippen LogP contribution in [0, 0.1) is 0 Å². The van der Waals surface area contributed by atoms with Crippen LogP contribution in [0.25, 0.3) is 21.7 Å². The van der Waals surface area contributed by atoms with Crippen molar-refractivity contribution in [1.29, 1.82) is 0 Å². The van der Waals surface area contributed by atoms with E-state index in [-0.39, 0.29) is 5.41 Å². The normalized spacial score (nSPS) is 12.4. The Kier molecular flexibility index (Phi) is 2.02. The second-order valence-electron chi connectivity index (χ2n) is 5.46. The molecule has 0 atom stereocenters. The van der Waals surface area contributed by atoms with Crippen molar-refractivity contribution in [1.82, 2.24) is 5.16 Å². The quantitative estimate of drug-likeness (QED) is 0.570. The second kappa shape index (κ2) is 3.33. The van der Waals surface area contributed by atoms with Gasteiger partial charge >= 0.3 is 0 Å². The third-order valence-electron chi connectivity index (χ3n) is 3.17. The topological polar surface area (TPSA) is 26.0 Å².